The van der Waals surface area contributed by atoms with Crippen LogP contribution in [-0.2, 0) is 20.9 Å². The van der Waals surface area contributed by atoms with E-state index in [9.17, 15) is 18.8 Å². The fourth-order valence-corrected chi connectivity index (χ4v) is 4.67. The molecule has 0 unspecified atom stereocenters. The molecule has 1 aliphatic rings. The molecule has 0 aromatic heterocycles. The van der Waals surface area contributed by atoms with Crippen molar-refractivity contribution in [3.8, 4) is 11.5 Å². The first-order valence-corrected chi connectivity index (χ1v) is 12.1. The number of halogens is 2. The minimum Gasteiger partial charge on any atom is -0.490 e. The highest BCUT2D eigenvalue weighted by atomic mass is 79.9. The molecular formula is C24H23BrFNO6S. The number of carbonyl (C=O) groups excluding carboxylic acids is 3. The first-order valence-electron chi connectivity index (χ1n) is 10.5. The number of amides is 2. The lowest BCUT2D eigenvalue weighted by Crippen LogP contribution is -2.42. The van der Waals surface area contributed by atoms with Gasteiger partial charge in [0, 0.05) is 0 Å². The number of rotatable bonds is 9. The molecule has 1 aliphatic heterocycles. The average molecular weight is 552 g/mol. The van der Waals surface area contributed by atoms with E-state index in [4.69, 9.17) is 14.2 Å². The van der Waals surface area contributed by atoms with E-state index in [1.165, 1.54) is 19.1 Å². The summed E-state index contributed by atoms with van der Waals surface area (Å²) in [7, 11) is 0. The van der Waals surface area contributed by atoms with Crippen molar-refractivity contribution < 1.29 is 33.0 Å². The van der Waals surface area contributed by atoms with E-state index in [1.807, 2.05) is 6.92 Å². The fraction of sp³-hybridized carbons (Fsp3) is 0.292. The number of carbonyl (C=O) groups is 3. The lowest BCUT2D eigenvalue weighted by atomic mass is 10.1. The van der Waals surface area contributed by atoms with Gasteiger partial charge in [0.15, 0.2) is 11.5 Å². The van der Waals surface area contributed by atoms with Crippen LogP contribution in [0.5, 0.6) is 11.5 Å². The van der Waals surface area contributed by atoms with Crippen LogP contribution >= 0.6 is 27.7 Å². The van der Waals surface area contributed by atoms with Gasteiger partial charge in [-0.3, -0.25) is 14.5 Å². The van der Waals surface area contributed by atoms with Gasteiger partial charge >= 0.3 is 5.97 Å². The topological polar surface area (TPSA) is 82.1 Å². The Morgan fingerprint density at radius 1 is 1.18 bits per heavy atom. The minimum absolute atomic E-state index is 0.125. The van der Waals surface area contributed by atoms with E-state index < -0.39 is 23.2 Å². The van der Waals surface area contributed by atoms with E-state index in [0.717, 1.165) is 16.7 Å². The van der Waals surface area contributed by atoms with Gasteiger partial charge in [-0.1, -0.05) is 12.1 Å². The van der Waals surface area contributed by atoms with E-state index in [1.54, 1.807) is 37.3 Å². The molecule has 0 saturated carbocycles. The predicted molar refractivity (Wildman–Crippen MR) is 130 cm³/mol. The Morgan fingerprint density at radius 3 is 2.62 bits per heavy atom. The molecule has 2 aromatic rings. The number of hydrogen-bond acceptors (Lipinski definition) is 7. The third-order valence-electron chi connectivity index (χ3n) is 4.74. The SMILES string of the molecule is CCOC(=O)[C@@H](C)N1C(=O)S/C(=C/c2cc(Br)c(OCc3cccc(F)c3)c(OCC)c2)C1=O. The zero-order valence-electron chi connectivity index (χ0n) is 18.8. The number of hydrogen-bond donors (Lipinski definition) is 0. The molecule has 0 aliphatic carbocycles. The summed E-state index contributed by atoms with van der Waals surface area (Å²) in [5.41, 5.74) is 1.24. The molecule has 0 bridgehead atoms. The Bertz CT molecular complexity index is 1140. The van der Waals surface area contributed by atoms with Crippen LogP contribution in [-0.4, -0.2) is 41.3 Å². The molecule has 1 atom stereocenters. The lowest BCUT2D eigenvalue weighted by Gasteiger charge is -2.19. The maximum absolute atomic E-state index is 13.5. The zero-order valence-corrected chi connectivity index (χ0v) is 21.2. The Labute approximate surface area is 209 Å². The summed E-state index contributed by atoms with van der Waals surface area (Å²) in [6.45, 7) is 5.56. The molecule has 7 nitrogen and oxygen atoms in total. The van der Waals surface area contributed by atoms with Crippen molar-refractivity contribution in [1.82, 2.24) is 4.90 Å². The van der Waals surface area contributed by atoms with Crippen LogP contribution in [0, 0.1) is 5.82 Å². The van der Waals surface area contributed by atoms with Crippen LogP contribution in [0.15, 0.2) is 45.8 Å². The molecule has 1 fully saturated rings. The lowest BCUT2D eigenvalue weighted by molar-refractivity contribution is -0.150. The highest BCUT2D eigenvalue weighted by Crippen LogP contribution is 2.40. The second-order valence-electron chi connectivity index (χ2n) is 7.16. The fourth-order valence-electron chi connectivity index (χ4n) is 3.19. The van der Waals surface area contributed by atoms with Gasteiger partial charge in [-0.25, -0.2) is 9.18 Å². The molecule has 1 heterocycles. The van der Waals surface area contributed by atoms with Gasteiger partial charge in [0.25, 0.3) is 11.1 Å². The normalized spacial score (nSPS) is 15.6. The molecular weight excluding hydrogens is 529 g/mol. The van der Waals surface area contributed by atoms with Crippen molar-refractivity contribution in [3.05, 3.63) is 62.7 Å². The van der Waals surface area contributed by atoms with Crippen molar-refractivity contribution >= 4 is 50.9 Å². The zero-order chi connectivity index (χ0) is 24.8. The predicted octanol–water partition coefficient (Wildman–Crippen LogP) is 5.55. The van der Waals surface area contributed by atoms with Crippen molar-refractivity contribution in [3.63, 3.8) is 0 Å². The minimum atomic E-state index is -1.03. The first-order chi connectivity index (χ1) is 16.2. The highest BCUT2D eigenvalue weighted by Gasteiger charge is 2.41. The standard InChI is InChI=1S/C24H23BrFNO6S/c1-4-31-19-11-16(10-18(25)21(19)33-13-15-7-6-8-17(26)9-15)12-20-22(28)27(24(30)34-20)14(3)23(29)32-5-2/h6-12,14H,4-5,13H2,1-3H3/b20-12+/t14-/m1/s1. The Hall–Kier alpha value is -2.85. The smallest absolute Gasteiger partial charge is 0.329 e. The third kappa shape index (κ3) is 5.98. The van der Waals surface area contributed by atoms with E-state index in [0.29, 0.717) is 33.7 Å². The van der Waals surface area contributed by atoms with Gasteiger partial charge in [0.05, 0.1) is 22.6 Å². The van der Waals surface area contributed by atoms with Gasteiger partial charge < -0.3 is 14.2 Å². The average Bonchev–Trinajstić information content (AvgIpc) is 3.05. The number of benzene rings is 2. The van der Waals surface area contributed by atoms with Gasteiger partial charge in [-0.2, -0.15) is 0 Å². The Kier molecular flexibility index (Phi) is 8.73. The number of thioether (sulfide) groups is 1. The maximum Gasteiger partial charge on any atom is 0.329 e. The molecule has 0 N–H and O–H groups in total. The summed E-state index contributed by atoms with van der Waals surface area (Å²) in [6.07, 6.45) is 1.55. The maximum atomic E-state index is 13.5. The molecule has 34 heavy (non-hydrogen) atoms. The molecule has 0 radical (unpaired) electrons. The van der Waals surface area contributed by atoms with Crippen LogP contribution in [0.25, 0.3) is 6.08 Å². The molecule has 10 heteroatoms. The quantitative estimate of drug-likeness (QED) is 0.298. The summed E-state index contributed by atoms with van der Waals surface area (Å²) in [5.74, 6) is -0.735. The number of esters is 1. The Morgan fingerprint density at radius 2 is 1.94 bits per heavy atom. The van der Waals surface area contributed by atoms with E-state index >= 15 is 0 Å². The van der Waals surface area contributed by atoms with Crippen molar-refractivity contribution in [2.45, 2.75) is 33.4 Å². The molecule has 2 amide bonds. The van der Waals surface area contributed by atoms with Crippen molar-refractivity contribution in [2.75, 3.05) is 13.2 Å². The van der Waals surface area contributed by atoms with E-state index in [2.05, 4.69) is 15.9 Å². The summed E-state index contributed by atoms with van der Waals surface area (Å²) >= 11 is 4.21. The van der Waals surface area contributed by atoms with Crippen LogP contribution < -0.4 is 9.47 Å². The van der Waals surface area contributed by atoms with Crippen LogP contribution in [0.1, 0.15) is 31.9 Å². The van der Waals surface area contributed by atoms with Gasteiger partial charge in [-0.05, 0) is 89.9 Å². The van der Waals surface area contributed by atoms with Crippen LogP contribution in [0.2, 0.25) is 0 Å². The highest BCUT2D eigenvalue weighted by molar-refractivity contribution is 9.10. The molecule has 3 rings (SSSR count). The molecule has 0 spiro atoms. The summed E-state index contributed by atoms with van der Waals surface area (Å²) in [5, 5.41) is -0.545. The number of imide groups is 1. The summed E-state index contributed by atoms with van der Waals surface area (Å²) in [6, 6.07) is 8.46. The largest absolute Gasteiger partial charge is 0.490 e. The molecule has 1 saturated heterocycles. The monoisotopic (exact) mass is 551 g/mol. The summed E-state index contributed by atoms with van der Waals surface area (Å²) in [4.78, 5) is 38.3. The van der Waals surface area contributed by atoms with Crippen LogP contribution in [0.4, 0.5) is 9.18 Å². The number of ether oxygens (including phenoxy) is 3. The second kappa shape index (κ2) is 11.5. The number of nitrogens with zero attached hydrogens (tertiary/aromatic N) is 1. The van der Waals surface area contributed by atoms with Gasteiger partial charge in [0.2, 0.25) is 0 Å². The van der Waals surface area contributed by atoms with Gasteiger partial charge in [-0.15, -0.1) is 0 Å². The van der Waals surface area contributed by atoms with Crippen LogP contribution in [0.3, 0.4) is 0 Å². The van der Waals surface area contributed by atoms with Crippen molar-refractivity contribution in [1.29, 1.82) is 0 Å². The third-order valence-corrected chi connectivity index (χ3v) is 6.21. The molecule has 2 aromatic carbocycles. The Balaban J connectivity index is 1.85. The molecule has 180 valence electrons. The summed E-state index contributed by atoms with van der Waals surface area (Å²) < 4.78 is 30.5. The van der Waals surface area contributed by atoms with E-state index in [-0.39, 0.29) is 23.9 Å². The van der Waals surface area contributed by atoms with Crippen molar-refractivity contribution in [2.24, 2.45) is 0 Å². The second-order valence-corrected chi connectivity index (χ2v) is 9.01. The van der Waals surface area contributed by atoms with Gasteiger partial charge in [0.1, 0.15) is 18.5 Å². The first kappa shape index (κ1) is 25.8.